The standard InChI is InChI=1S/C14H13N5O3/c20-13(11-5-10-9(18-11)2-1-3-16-10)19-12(14(21)22)4-8-6-15-7-17-8/h1-3,6-7,12H,4-5H2,(H,15,17)(H,19,20)(H,21,22)/t12-/m0/s1. The van der Waals surface area contributed by atoms with Crippen molar-refractivity contribution in [2.75, 3.05) is 0 Å². The number of rotatable bonds is 5. The predicted octanol–water partition coefficient (Wildman–Crippen LogP) is 0.245. The van der Waals surface area contributed by atoms with Gasteiger partial charge in [-0.3, -0.25) is 9.78 Å². The van der Waals surface area contributed by atoms with Gasteiger partial charge >= 0.3 is 5.97 Å². The smallest absolute Gasteiger partial charge is 0.326 e. The zero-order valence-corrected chi connectivity index (χ0v) is 11.5. The van der Waals surface area contributed by atoms with Gasteiger partial charge in [-0.2, -0.15) is 0 Å². The third-order valence-corrected chi connectivity index (χ3v) is 3.30. The molecule has 0 radical (unpaired) electrons. The zero-order chi connectivity index (χ0) is 15.5. The van der Waals surface area contributed by atoms with E-state index in [0.29, 0.717) is 23.5 Å². The molecule has 0 bridgehead atoms. The molecular weight excluding hydrogens is 286 g/mol. The van der Waals surface area contributed by atoms with Crippen LogP contribution in [-0.2, 0) is 22.4 Å². The summed E-state index contributed by atoms with van der Waals surface area (Å²) >= 11 is 0. The number of pyridine rings is 1. The Balaban J connectivity index is 1.69. The van der Waals surface area contributed by atoms with Gasteiger partial charge in [0, 0.05) is 30.9 Å². The topological polar surface area (TPSA) is 120 Å². The number of imidazole rings is 1. The van der Waals surface area contributed by atoms with E-state index in [1.807, 2.05) is 0 Å². The number of amides is 1. The maximum absolute atomic E-state index is 12.2. The van der Waals surface area contributed by atoms with Crippen molar-refractivity contribution in [1.29, 1.82) is 0 Å². The molecule has 22 heavy (non-hydrogen) atoms. The van der Waals surface area contributed by atoms with Gasteiger partial charge in [-0.05, 0) is 12.1 Å². The first-order valence-corrected chi connectivity index (χ1v) is 6.66. The Labute approximate surface area is 125 Å². The Kier molecular flexibility index (Phi) is 3.65. The molecule has 2 aromatic rings. The van der Waals surface area contributed by atoms with Gasteiger partial charge in [0.2, 0.25) is 0 Å². The molecule has 8 heteroatoms. The summed E-state index contributed by atoms with van der Waals surface area (Å²) in [6.45, 7) is 0. The lowest BCUT2D eigenvalue weighted by Crippen LogP contribution is -2.45. The third-order valence-electron chi connectivity index (χ3n) is 3.30. The molecule has 0 fully saturated rings. The first-order valence-electron chi connectivity index (χ1n) is 6.66. The summed E-state index contributed by atoms with van der Waals surface area (Å²) in [6.07, 6.45) is 5.04. The molecule has 3 rings (SSSR count). The van der Waals surface area contributed by atoms with Crippen LogP contribution in [0.25, 0.3) is 0 Å². The number of aliphatic imine (C=N–C) groups is 1. The van der Waals surface area contributed by atoms with E-state index >= 15 is 0 Å². The quantitative estimate of drug-likeness (QED) is 0.730. The van der Waals surface area contributed by atoms with Crippen molar-refractivity contribution in [2.24, 2.45) is 4.99 Å². The maximum Gasteiger partial charge on any atom is 0.326 e. The highest BCUT2D eigenvalue weighted by atomic mass is 16.4. The van der Waals surface area contributed by atoms with Crippen molar-refractivity contribution in [3.05, 3.63) is 42.2 Å². The van der Waals surface area contributed by atoms with Crippen molar-refractivity contribution in [3.8, 4) is 0 Å². The Morgan fingerprint density at radius 1 is 1.45 bits per heavy atom. The van der Waals surface area contributed by atoms with Gasteiger partial charge in [0.05, 0.1) is 17.7 Å². The van der Waals surface area contributed by atoms with Crippen LogP contribution in [0.5, 0.6) is 0 Å². The van der Waals surface area contributed by atoms with Gasteiger partial charge in [0.1, 0.15) is 11.8 Å². The number of aromatic amines is 1. The number of carbonyl (C=O) groups excluding carboxylic acids is 1. The number of nitrogens with one attached hydrogen (secondary N) is 2. The Bertz CT molecular complexity index is 739. The van der Waals surface area contributed by atoms with Crippen LogP contribution in [0.3, 0.4) is 0 Å². The van der Waals surface area contributed by atoms with Gasteiger partial charge in [-0.25, -0.2) is 14.8 Å². The van der Waals surface area contributed by atoms with Gasteiger partial charge in [-0.1, -0.05) is 0 Å². The third kappa shape index (κ3) is 2.85. The molecular formula is C14H13N5O3. The molecule has 0 saturated heterocycles. The van der Waals surface area contributed by atoms with E-state index in [1.54, 1.807) is 18.3 Å². The molecule has 0 aliphatic carbocycles. The molecule has 3 N–H and O–H groups in total. The van der Waals surface area contributed by atoms with Crippen LogP contribution in [0.15, 0.2) is 35.8 Å². The zero-order valence-electron chi connectivity index (χ0n) is 11.5. The van der Waals surface area contributed by atoms with E-state index in [9.17, 15) is 14.7 Å². The summed E-state index contributed by atoms with van der Waals surface area (Å²) in [5, 5.41) is 11.7. The number of aliphatic carboxylic acids is 1. The molecule has 1 aliphatic heterocycles. The highest BCUT2D eigenvalue weighted by Gasteiger charge is 2.26. The number of nitrogens with zero attached hydrogens (tertiary/aromatic N) is 3. The summed E-state index contributed by atoms with van der Waals surface area (Å²) in [7, 11) is 0. The highest BCUT2D eigenvalue weighted by molar-refractivity contribution is 6.41. The Morgan fingerprint density at radius 2 is 2.32 bits per heavy atom. The second-order valence-electron chi connectivity index (χ2n) is 4.85. The molecule has 0 unspecified atom stereocenters. The number of H-pyrrole nitrogens is 1. The second kappa shape index (κ2) is 5.76. The van der Waals surface area contributed by atoms with Crippen LogP contribution < -0.4 is 5.32 Å². The average Bonchev–Trinajstić information content (AvgIpc) is 3.15. The number of carboxylic acids is 1. The van der Waals surface area contributed by atoms with Crippen molar-refractivity contribution in [3.63, 3.8) is 0 Å². The van der Waals surface area contributed by atoms with Crippen molar-refractivity contribution in [1.82, 2.24) is 20.3 Å². The second-order valence-corrected chi connectivity index (χ2v) is 4.85. The number of aromatic nitrogens is 3. The minimum Gasteiger partial charge on any atom is -0.480 e. The molecule has 0 spiro atoms. The van der Waals surface area contributed by atoms with Crippen LogP contribution in [-0.4, -0.2) is 43.7 Å². The van der Waals surface area contributed by atoms with Gasteiger partial charge in [-0.15, -0.1) is 0 Å². The fourth-order valence-electron chi connectivity index (χ4n) is 2.20. The molecule has 1 atom stereocenters. The van der Waals surface area contributed by atoms with E-state index in [2.05, 4.69) is 25.3 Å². The number of hydrogen-bond acceptors (Lipinski definition) is 5. The predicted molar refractivity (Wildman–Crippen MR) is 76.9 cm³/mol. The fraction of sp³-hybridized carbons (Fsp3) is 0.214. The van der Waals surface area contributed by atoms with E-state index in [1.165, 1.54) is 12.5 Å². The van der Waals surface area contributed by atoms with E-state index in [-0.39, 0.29) is 12.1 Å². The number of carboxylic acid groups (broad SMARTS) is 1. The lowest BCUT2D eigenvalue weighted by Gasteiger charge is -2.13. The van der Waals surface area contributed by atoms with Gasteiger partial charge in [0.25, 0.3) is 5.91 Å². The lowest BCUT2D eigenvalue weighted by atomic mass is 10.1. The maximum atomic E-state index is 12.2. The van der Waals surface area contributed by atoms with Crippen LogP contribution in [0.2, 0.25) is 0 Å². The number of carbonyl (C=O) groups is 2. The largest absolute Gasteiger partial charge is 0.480 e. The molecule has 2 aromatic heterocycles. The first kappa shape index (κ1) is 13.9. The summed E-state index contributed by atoms with van der Waals surface area (Å²) in [5.74, 6) is -1.61. The van der Waals surface area contributed by atoms with Crippen LogP contribution in [0, 0.1) is 0 Å². The number of fused-ring (bicyclic) bond motifs is 1. The Hall–Kier alpha value is -3.03. The van der Waals surface area contributed by atoms with Crippen LogP contribution in [0.4, 0.5) is 5.69 Å². The minimum absolute atomic E-state index is 0.125. The Morgan fingerprint density at radius 3 is 3.00 bits per heavy atom. The first-order chi connectivity index (χ1) is 10.6. The summed E-state index contributed by atoms with van der Waals surface area (Å²) in [6, 6.07) is 2.45. The van der Waals surface area contributed by atoms with Crippen LogP contribution >= 0.6 is 0 Å². The normalized spacial score (nSPS) is 14.1. The summed E-state index contributed by atoms with van der Waals surface area (Å²) in [5.41, 5.74) is 2.26. The fourth-order valence-corrected chi connectivity index (χ4v) is 2.20. The highest BCUT2D eigenvalue weighted by Crippen LogP contribution is 2.23. The SMILES string of the molecule is O=C(N[C@@H](Cc1cnc[nH]1)C(=O)O)C1=Nc2cccnc2C1. The van der Waals surface area contributed by atoms with E-state index in [0.717, 1.165) is 0 Å². The molecule has 1 amide bonds. The minimum atomic E-state index is -1.11. The van der Waals surface area contributed by atoms with Gasteiger partial charge in [0.15, 0.2) is 0 Å². The van der Waals surface area contributed by atoms with E-state index < -0.39 is 17.9 Å². The monoisotopic (exact) mass is 299 g/mol. The van der Waals surface area contributed by atoms with Crippen LogP contribution in [0.1, 0.15) is 11.4 Å². The molecule has 0 saturated carbocycles. The van der Waals surface area contributed by atoms with Crippen molar-refractivity contribution < 1.29 is 14.7 Å². The summed E-state index contributed by atoms with van der Waals surface area (Å²) in [4.78, 5) is 38.5. The van der Waals surface area contributed by atoms with Gasteiger partial charge < -0.3 is 15.4 Å². The average molecular weight is 299 g/mol. The summed E-state index contributed by atoms with van der Waals surface area (Å²) < 4.78 is 0. The number of hydrogen-bond donors (Lipinski definition) is 3. The van der Waals surface area contributed by atoms with E-state index in [4.69, 9.17) is 0 Å². The molecule has 8 nitrogen and oxygen atoms in total. The van der Waals surface area contributed by atoms with Crippen molar-refractivity contribution in [2.45, 2.75) is 18.9 Å². The molecule has 1 aliphatic rings. The molecule has 3 heterocycles. The van der Waals surface area contributed by atoms with Crippen molar-refractivity contribution >= 4 is 23.3 Å². The molecule has 112 valence electrons. The lowest BCUT2D eigenvalue weighted by molar-refractivity contribution is -0.141. The molecule has 0 aromatic carbocycles.